The van der Waals surface area contributed by atoms with Crippen LogP contribution in [-0.4, -0.2) is 15.5 Å². The standard InChI is InChI=1S/C20H22FN3O/c1-20(2,3)12-18(25)22-16-11-13(21)9-10-14(16)19-23-15-7-5-6-8-17(15)24(19)4/h5-11H,12H2,1-4H3,(H,22,25). The van der Waals surface area contributed by atoms with Gasteiger partial charge in [-0.05, 0) is 35.7 Å². The van der Waals surface area contributed by atoms with E-state index in [4.69, 9.17) is 0 Å². The molecule has 4 nitrogen and oxygen atoms in total. The monoisotopic (exact) mass is 339 g/mol. The van der Waals surface area contributed by atoms with E-state index in [-0.39, 0.29) is 11.3 Å². The lowest BCUT2D eigenvalue weighted by Crippen LogP contribution is -2.20. The number of aryl methyl sites for hydroxylation is 1. The first kappa shape index (κ1) is 17.1. The van der Waals surface area contributed by atoms with Crippen molar-refractivity contribution < 1.29 is 9.18 Å². The number of anilines is 1. The zero-order valence-electron chi connectivity index (χ0n) is 14.9. The number of rotatable bonds is 3. The average Bonchev–Trinajstić information content (AvgIpc) is 2.83. The molecule has 130 valence electrons. The molecule has 0 aliphatic rings. The van der Waals surface area contributed by atoms with E-state index in [2.05, 4.69) is 10.3 Å². The topological polar surface area (TPSA) is 46.9 Å². The van der Waals surface area contributed by atoms with Gasteiger partial charge in [0.1, 0.15) is 11.6 Å². The molecular formula is C20H22FN3O. The number of fused-ring (bicyclic) bond motifs is 1. The highest BCUT2D eigenvalue weighted by Crippen LogP contribution is 2.31. The minimum absolute atomic E-state index is 0.141. The Balaban J connectivity index is 2.04. The number of amides is 1. The first-order chi connectivity index (χ1) is 11.7. The van der Waals surface area contributed by atoms with Gasteiger partial charge in [0.05, 0.1) is 16.7 Å². The van der Waals surface area contributed by atoms with Crippen LogP contribution in [0.15, 0.2) is 42.5 Å². The van der Waals surface area contributed by atoms with Gasteiger partial charge in [-0.25, -0.2) is 9.37 Å². The lowest BCUT2D eigenvalue weighted by atomic mass is 9.92. The van der Waals surface area contributed by atoms with Crippen molar-refractivity contribution in [1.82, 2.24) is 9.55 Å². The lowest BCUT2D eigenvalue weighted by molar-refractivity contribution is -0.117. The second-order valence-corrected chi connectivity index (χ2v) is 7.46. The number of nitrogens with zero attached hydrogens (tertiary/aromatic N) is 2. The van der Waals surface area contributed by atoms with E-state index in [0.29, 0.717) is 23.5 Å². The summed E-state index contributed by atoms with van der Waals surface area (Å²) in [6.07, 6.45) is 0.353. The summed E-state index contributed by atoms with van der Waals surface area (Å²) in [5.41, 5.74) is 2.83. The van der Waals surface area contributed by atoms with Crippen LogP contribution >= 0.6 is 0 Å². The summed E-state index contributed by atoms with van der Waals surface area (Å²) >= 11 is 0. The van der Waals surface area contributed by atoms with Crippen LogP contribution in [0.25, 0.3) is 22.4 Å². The van der Waals surface area contributed by atoms with E-state index in [0.717, 1.165) is 11.0 Å². The molecule has 0 aliphatic heterocycles. The van der Waals surface area contributed by atoms with E-state index in [1.54, 1.807) is 6.07 Å². The van der Waals surface area contributed by atoms with Gasteiger partial charge in [0.15, 0.2) is 0 Å². The zero-order chi connectivity index (χ0) is 18.2. The molecule has 0 fully saturated rings. The summed E-state index contributed by atoms with van der Waals surface area (Å²) in [5.74, 6) is 0.152. The minimum Gasteiger partial charge on any atom is -0.327 e. The van der Waals surface area contributed by atoms with Crippen molar-refractivity contribution in [2.45, 2.75) is 27.2 Å². The van der Waals surface area contributed by atoms with Crippen LogP contribution in [0.5, 0.6) is 0 Å². The number of para-hydroxylation sites is 2. The van der Waals surface area contributed by atoms with Gasteiger partial charge in [-0.15, -0.1) is 0 Å². The SMILES string of the molecule is Cn1c(-c2ccc(F)cc2NC(=O)CC(C)(C)C)nc2ccccc21. The average molecular weight is 339 g/mol. The van der Waals surface area contributed by atoms with E-state index >= 15 is 0 Å². The molecule has 5 heteroatoms. The van der Waals surface area contributed by atoms with Gasteiger partial charge < -0.3 is 9.88 Å². The first-order valence-electron chi connectivity index (χ1n) is 8.26. The Bertz CT molecular complexity index is 938. The summed E-state index contributed by atoms with van der Waals surface area (Å²) in [4.78, 5) is 17.0. The van der Waals surface area contributed by atoms with Gasteiger partial charge in [0, 0.05) is 19.0 Å². The maximum Gasteiger partial charge on any atom is 0.224 e. The second kappa shape index (κ2) is 6.31. The predicted octanol–water partition coefficient (Wildman–Crippen LogP) is 4.75. The molecule has 2 aromatic carbocycles. The molecule has 0 unspecified atom stereocenters. The van der Waals surface area contributed by atoms with Gasteiger partial charge >= 0.3 is 0 Å². The molecule has 3 rings (SSSR count). The Kier molecular flexibility index (Phi) is 4.33. The molecule has 1 amide bonds. The van der Waals surface area contributed by atoms with Crippen molar-refractivity contribution in [3.05, 3.63) is 48.3 Å². The molecule has 1 aromatic heterocycles. The van der Waals surface area contributed by atoms with Crippen molar-refractivity contribution >= 4 is 22.6 Å². The fourth-order valence-corrected chi connectivity index (χ4v) is 2.88. The van der Waals surface area contributed by atoms with Gasteiger partial charge in [-0.1, -0.05) is 32.9 Å². The molecule has 0 saturated heterocycles. The molecule has 25 heavy (non-hydrogen) atoms. The third kappa shape index (κ3) is 3.71. The normalized spacial score (nSPS) is 11.7. The van der Waals surface area contributed by atoms with Crippen LogP contribution in [0.2, 0.25) is 0 Å². The molecule has 0 radical (unpaired) electrons. The summed E-state index contributed by atoms with van der Waals surface area (Å²) in [5, 5.41) is 2.85. The Morgan fingerprint density at radius 3 is 2.60 bits per heavy atom. The molecule has 0 saturated carbocycles. The third-order valence-electron chi connectivity index (χ3n) is 3.97. The summed E-state index contributed by atoms with van der Waals surface area (Å²) in [7, 11) is 1.91. The Hall–Kier alpha value is -2.69. The molecule has 3 aromatic rings. The molecular weight excluding hydrogens is 317 g/mol. The highest BCUT2D eigenvalue weighted by atomic mass is 19.1. The number of carbonyl (C=O) groups is 1. The minimum atomic E-state index is -0.395. The first-order valence-corrected chi connectivity index (χ1v) is 8.26. The quantitative estimate of drug-likeness (QED) is 0.748. The number of hydrogen-bond donors (Lipinski definition) is 1. The maximum atomic E-state index is 13.8. The largest absolute Gasteiger partial charge is 0.327 e. The predicted molar refractivity (Wildman–Crippen MR) is 98.8 cm³/mol. The zero-order valence-corrected chi connectivity index (χ0v) is 14.9. The van der Waals surface area contributed by atoms with Crippen LogP contribution in [-0.2, 0) is 11.8 Å². The van der Waals surface area contributed by atoms with Crippen LogP contribution in [0.4, 0.5) is 10.1 Å². The van der Waals surface area contributed by atoms with Crippen molar-refractivity contribution in [2.24, 2.45) is 12.5 Å². The molecule has 1 heterocycles. The summed E-state index contributed by atoms with van der Waals surface area (Å²) in [6, 6.07) is 12.2. The van der Waals surface area contributed by atoms with Crippen molar-refractivity contribution in [2.75, 3.05) is 5.32 Å². The Labute approximate surface area is 146 Å². The summed E-state index contributed by atoms with van der Waals surface area (Å²) in [6.45, 7) is 5.97. The van der Waals surface area contributed by atoms with Crippen molar-refractivity contribution in [3.8, 4) is 11.4 Å². The van der Waals surface area contributed by atoms with Crippen LogP contribution in [0.3, 0.4) is 0 Å². The van der Waals surface area contributed by atoms with E-state index in [9.17, 15) is 9.18 Å². The van der Waals surface area contributed by atoms with Gasteiger partial charge in [-0.2, -0.15) is 0 Å². The fourth-order valence-electron chi connectivity index (χ4n) is 2.88. The molecule has 0 atom stereocenters. The Morgan fingerprint density at radius 2 is 1.92 bits per heavy atom. The summed E-state index contributed by atoms with van der Waals surface area (Å²) < 4.78 is 15.7. The Morgan fingerprint density at radius 1 is 1.20 bits per heavy atom. The highest BCUT2D eigenvalue weighted by molar-refractivity contribution is 5.96. The molecule has 0 bridgehead atoms. The van der Waals surface area contributed by atoms with E-state index < -0.39 is 5.82 Å². The van der Waals surface area contributed by atoms with Crippen LogP contribution in [0.1, 0.15) is 27.2 Å². The highest BCUT2D eigenvalue weighted by Gasteiger charge is 2.19. The second-order valence-electron chi connectivity index (χ2n) is 7.46. The fraction of sp³-hybridized carbons (Fsp3) is 0.300. The maximum absolute atomic E-state index is 13.8. The number of benzene rings is 2. The third-order valence-corrected chi connectivity index (χ3v) is 3.97. The lowest BCUT2D eigenvalue weighted by Gasteiger charge is -2.18. The smallest absolute Gasteiger partial charge is 0.224 e. The molecule has 0 aliphatic carbocycles. The van der Waals surface area contributed by atoms with Crippen molar-refractivity contribution in [1.29, 1.82) is 0 Å². The number of halogens is 1. The number of hydrogen-bond acceptors (Lipinski definition) is 2. The van der Waals surface area contributed by atoms with Crippen molar-refractivity contribution in [3.63, 3.8) is 0 Å². The van der Waals surface area contributed by atoms with E-state index in [1.165, 1.54) is 12.1 Å². The van der Waals surface area contributed by atoms with E-state index in [1.807, 2.05) is 56.7 Å². The van der Waals surface area contributed by atoms with Gasteiger partial charge in [-0.3, -0.25) is 4.79 Å². The number of nitrogens with one attached hydrogen (secondary N) is 1. The molecule has 0 spiro atoms. The number of carbonyl (C=O) groups excluding carboxylic acids is 1. The van der Waals surface area contributed by atoms with Gasteiger partial charge in [0.25, 0.3) is 0 Å². The van der Waals surface area contributed by atoms with Crippen LogP contribution in [0, 0.1) is 11.2 Å². The van der Waals surface area contributed by atoms with Crippen LogP contribution < -0.4 is 5.32 Å². The molecule has 1 N–H and O–H groups in total. The van der Waals surface area contributed by atoms with Gasteiger partial charge in [0.2, 0.25) is 5.91 Å². The number of aromatic nitrogens is 2. The number of imidazole rings is 1.